The molecule has 16 heavy (non-hydrogen) atoms. The van der Waals surface area contributed by atoms with Crippen molar-refractivity contribution in [3.63, 3.8) is 0 Å². The van der Waals surface area contributed by atoms with Crippen LogP contribution in [0.1, 0.15) is 31.2 Å². The van der Waals surface area contributed by atoms with Crippen molar-refractivity contribution in [2.24, 2.45) is 5.41 Å². The predicted molar refractivity (Wildman–Crippen MR) is 71.4 cm³/mol. The van der Waals surface area contributed by atoms with E-state index in [9.17, 15) is 0 Å². The zero-order chi connectivity index (χ0) is 11.4. The van der Waals surface area contributed by atoms with Gasteiger partial charge in [0.1, 0.15) is 5.75 Å². The highest BCUT2D eigenvalue weighted by Gasteiger charge is 2.33. The topological polar surface area (TPSA) is 9.23 Å². The van der Waals surface area contributed by atoms with Crippen LogP contribution in [-0.2, 0) is 0 Å². The quantitative estimate of drug-likeness (QED) is 0.781. The lowest BCUT2D eigenvalue weighted by Gasteiger charge is -2.26. The van der Waals surface area contributed by atoms with Crippen LogP contribution in [0.4, 0.5) is 0 Å². The fraction of sp³-hybridized carbons (Fsp3) is 0.571. The second-order valence-corrected chi connectivity index (χ2v) is 5.28. The van der Waals surface area contributed by atoms with E-state index in [2.05, 4.69) is 43.8 Å². The molecular weight excluding hydrogens is 216 g/mol. The van der Waals surface area contributed by atoms with Crippen molar-refractivity contribution in [2.75, 3.05) is 12.4 Å². The standard InChI is InChI=1S/C14H20OS/c1-12-4-6-13(7-5-12)15-10-14(11-16)8-2-3-9-14/h4-7,16H,2-3,8-11H2,1H3. The minimum absolute atomic E-state index is 0.327. The molecule has 1 fully saturated rings. The zero-order valence-corrected chi connectivity index (χ0v) is 10.8. The van der Waals surface area contributed by atoms with E-state index in [4.69, 9.17) is 4.74 Å². The van der Waals surface area contributed by atoms with Crippen molar-refractivity contribution < 1.29 is 4.74 Å². The van der Waals surface area contributed by atoms with Gasteiger partial charge in [-0.3, -0.25) is 0 Å². The van der Waals surface area contributed by atoms with Crippen molar-refractivity contribution in [1.82, 2.24) is 0 Å². The lowest BCUT2D eigenvalue weighted by atomic mass is 9.90. The third-order valence-corrected chi connectivity index (χ3v) is 4.24. The van der Waals surface area contributed by atoms with Gasteiger partial charge in [-0.2, -0.15) is 12.6 Å². The van der Waals surface area contributed by atoms with Gasteiger partial charge >= 0.3 is 0 Å². The zero-order valence-electron chi connectivity index (χ0n) is 9.91. The summed E-state index contributed by atoms with van der Waals surface area (Å²) in [5.74, 6) is 1.93. The molecular formula is C14H20OS. The fourth-order valence-electron chi connectivity index (χ4n) is 2.34. The summed E-state index contributed by atoms with van der Waals surface area (Å²) in [5, 5.41) is 0. The maximum atomic E-state index is 5.89. The molecule has 0 spiro atoms. The largest absolute Gasteiger partial charge is 0.493 e. The lowest BCUT2D eigenvalue weighted by molar-refractivity contribution is 0.173. The number of ether oxygens (including phenoxy) is 1. The molecule has 1 saturated carbocycles. The second kappa shape index (κ2) is 5.13. The molecule has 1 aliphatic carbocycles. The van der Waals surface area contributed by atoms with E-state index in [1.807, 2.05) is 0 Å². The van der Waals surface area contributed by atoms with Crippen LogP contribution in [-0.4, -0.2) is 12.4 Å². The molecule has 1 aromatic carbocycles. The van der Waals surface area contributed by atoms with Crippen LogP contribution in [0.2, 0.25) is 0 Å². The number of aryl methyl sites for hydroxylation is 1. The lowest BCUT2D eigenvalue weighted by Crippen LogP contribution is -2.27. The molecule has 0 heterocycles. The third-order valence-electron chi connectivity index (χ3n) is 3.57. The highest BCUT2D eigenvalue weighted by molar-refractivity contribution is 7.80. The summed E-state index contributed by atoms with van der Waals surface area (Å²) in [6.45, 7) is 2.91. The van der Waals surface area contributed by atoms with Crippen molar-refractivity contribution in [3.05, 3.63) is 29.8 Å². The Balaban J connectivity index is 1.93. The van der Waals surface area contributed by atoms with Crippen LogP contribution < -0.4 is 4.74 Å². The van der Waals surface area contributed by atoms with Gasteiger partial charge in [0.2, 0.25) is 0 Å². The molecule has 0 atom stereocenters. The third kappa shape index (κ3) is 2.73. The Morgan fingerprint density at radius 3 is 2.38 bits per heavy atom. The number of hydrogen-bond donors (Lipinski definition) is 1. The van der Waals surface area contributed by atoms with E-state index in [-0.39, 0.29) is 0 Å². The van der Waals surface area contributed by atoms with Gasteiger partial charge in [0.15, 0.2) is 0 Å². The van der Waals surface area contributed by atoms with Gasteiger partial charge in [0.25, 0.3) is 0 Å². The minimum Gasteiger partial charge on any atom is -0.493 e. The minimum atomic E-state index is 0.327. The van der Waals surface area contributed by atoms with Gasteiger partial charge in [0, 0.05) is 5.41 Å². The summed E-state index contributed by atoms with van der Waals surface area (Å²) in [5.41, 5.74) is 1.60. The highest BCUT2D eigenvalue weighted by atomic mass is 32.1. The first kappa shape index (κ1) is 11.8. The second-order valence-electron chi connectivity index (χ2n) is 4.97. The Labute approximate surface area is 104 Å². The van der Waals surface area contributed by atoms with E-state index in [0.717, 1.165) is 18.1 Å². The first-order valence-corrected chi connectivity index (χ1v) is 6.68. The summed E-state index contributed by atoms with van der Waals surface area (Å²) in [7, 11) is 0. The van der Waals surface area contributed by atoms with Gasteiger partial charge in [0.05, 0.1) is 6.61 Å². The monoisotopic (exact) mass is 236 g/mol. The summed E-state index contributed by atoms with van der Waals surface area (Å²) < 4.78 is 5.89. The van der Waals surface area contributed by atoms with Crippen molar-refractivity contribution in [3.8, 4) is 5.75 Å². The Morgan fingerprint density at radius 2 is 1.81 bits per heavy atom. The first-order chi connectivity index (χ1) is 7.74. The van der Waals surface area contributed by atoms with Gasteiger partial charge in [-0.15, -0.1) is 0 Å². The average molecular weight is 236 g/mol. The van der Waals surface area contributed by atoms with Crippen LogP contribution in [0.5, 0.6) is 5.75 Å². The Hall–Kier alpha value is -0.630. The number of rotatable bonds is 4. The van der Waals surface area contributed by atoms with Gasteiger partial charge < -0.3 is 4.74 Å². The average Bonchev–Trinajstić information content (AvgIpc) is 2.78. The Bertz CT molecular complexity index is 325. The van der Waals surface area contributed by atoms with Crippen LogP contribution >= 0.6 is 12.6 Å². The normalized spacial score (nSPS) is 18.6. The Morgan fingerprint density at radius 1 is 1.19 bits per heavy atom. The van der Waals surface area contributed by atoms with Crippen molar-refractivity contribution in [2.45, 2.75) is 32.6 Å². The maximum absolute atomic E-state index is 5.89. The van der Waals surface area contributed by atoms with E-state index in [1.165, 1.54) is 31.2 Å². The molecule has 0 unspecified atom stereocenters. The molecule has 88 valence electrons. The van der Waals surface area contributed by atoms with Crippen LogP contribution in [0.3, 0.4) is 0 Å². The fourth-order valence-corrected chi connectivity index (χ4v) is 2.75. The van der Waals surface area contributed by atoms with Gasteiger partial charge in [-0.1, -0.05) is 30.5 Å². The summed E-state index contributed by atoms with van der Waals surface area (Å²) in [6.07, 6.45) is 5.19. The maximum Gasteiger partial charge on any atom is 0.119 e. The Kier molecular flexibility index (Phi) is 3.80. The molecule has 1 aromatic rings. The number of thiol groups is 1. The van der Waals surface area contributed by atoms with E-state index in [1.54, 1.807) is 0 Å². The van der Waals surface area contributed by atoms with Crippen molar-refractivity contribution >= 4 is 12.6 Å². The summed E-state index contributed by atoms with van der Waals surface area (Å²) in [4.78, 5) is 0. The summed E-state index contributed by atoms with van der Waals surface area (Å²) in [6, 6.07) is 8.29. The molecule has 0 aromatic heterocycles. The molecule has 0 bridgehead atoms. The van der Waals surface area contributed by atoms with Gasteiger partial charge in [-0.05, 0) is 37.7 Å². The van der Waals surface area contributed by atoms with E-state index >= 15 is 0 Å². The number of hydrogen-bond acceptors (Lipinski definition) is 2. The SMILES string of the molecule is Cc1ccc(OCC2(CS)CCCC2)cc1. The predicted octanol–water partition coefficient (Wildman–Crippen LogP) is 3.86. The molecule has 2 rings (SSSR count). The van der Waals surface area contributed by atoms with E-state index < -0.39 is 0 Å². The van der Waals surface area contributed by atoms with Crippen LogP contribution in [0.25, 0.3) is 0 Å². The highest BCUT2D eigenvalue weighted by Crippen LogP contribution is 2.39. The van der Waals surface area contributed by atoms with Crippen LogP contribution in [0.15, 0.2) is 24.3 Å². The molecule has 0 N–H and O–H groups in total. The molecule has 0 radical (unpaired) electrons. The van der Waals surface area contributed by atoms with E-state index in [0.29, 0.717) is 5.41 Å². The molecule has 1 aliphatic rings. The molecule has 0 aliphatic heterocycles. The van der Waals surface area contributed by atoms with Crippen LogP contribution in [0, 0.1) is 12.3 Å². The van der Waals surface area contributed by atoms with Crippen molar-refractivity contribution in [1.29, 1.82) is 0 Å². The number of benzene rings is 1. The first-order valence-electron chi connectivity index (χ1n) is 6.04. The smallest absolute Gasteiger partial charge is 0.119 e. The molecule has 1 nitrogen and oxygen atoms in total. The van der Waals surface area contributed by atoms with Gasteiger partial charge in [-0.25, -0.2) is 0 Å². The molecule has 0 saturated heterocycles. The summed E-state index contributed by atoms with van der Waals surface area (Å²) >= 11 is 4.48. The molecule has 2 heteroatoms. The molecule has 0 amide bonds.